The van der Waals surface area contributed by atoms with Crippen molar-refractivity contribution in [2.24, 2.45) is 17.3 Å². The molecule has 1 fully saturated rings. The van der Waals surface area contributed by atoms with Crippen LogP contribution in [0.15, 0.2) is 36.4 Å². The van der Waals surface area contributed by atoms with Crippen molar-refractivity contribution in [1.82, 2.24) is 0 Å². The number of carbonyl (C=O) groups is 1. The quantitative estimate of drug-likeness (QED) is 0.753. The first-order valence-electron chi connectivity index (χ1n) is 7.59. The van der Waals surface area contributed by atoms with Crippen LogP contribution in [0.5, 0.6) is 0 Å². The molecule has 2 heteroatoms. The molecular formula is C19H26O2. The molecule has 114 valence electrons. The SMILES string of the molecule is CC(=CC1C(C(=O)OC(C)(C)C)C1(C)C)c1ccccc1. The Balaban J connectivity index is 2.13. The average molecular weight is 286 g/mol. The molecule has 2 unspecified atom stereocenters. The van der Waals surface area contributed by atoms with Gasteiger partial charge in [-0.1, -0.05) is 50.3 Å². The molecule has 1 saturated carbocycles. The lowest BCUT2D eigenvalue weighted by molar-refractivity contribution is -0.157. The van der Waals surface area contributed by atoms with E-state index >= 15 is 0 Å². The second-order valence-corrected chi connectivity index (χ2v) is 7.57. The molecule has 0 aliphatic heterocycles. The summed E-state index contributed by atoms with van der Waals surface area (Å²) in [4.78, 5) is 12.3. The maximum atomic E-state index is 12.3. The Bertz CT molecular complexity index is 547. The number of esters is 1. The Morgan fingerprint density at radius 2 is 1.76 bits per heavy atom. The van der Waals surface area contributed by atoms with E-state index in [-0.39, 0.29) is 23.2 Å². The van der Waals surface area contributed by atoms with Crippen LogP contribution < -0.4 is 0 Å². The van der Waals surface area contributed by atoms with Gasteiger partial charge in [-0.05, 0) is 50.2 Å². The van der Waals surface area contributed by atoms with Crippen molar-refractivity contribution < 1.29 is 9.53 Å². The maximum absolute atomic E-state index is 12.3. The van der Waals surface area contributed by atoms with Crippen LogP contribution in [-0.2, 0) is 9.53 Å². The third-order valence-corrected chi connectivity index (χ3v) is 4.23. The van der Waals surface area contributed by atoms with Gasteiger partial charge >= 0.3 is 5.97 Å². The minimum absolute atomic E-state index is 0.0155. The largest absolute Gasteiger partial charge is 0.460 e. The van der Waals surface area contributed by atoms with Gasteiger partial charge in [0.2, 0.25) is 0 Å². The first kappa shape index (κ1) is 15.8. The summed E-state index contributed by atoms with van der Waals surface area (Å²) in [5, 5.41) is 0. The average Bonchev–Trinajstić information content (AvgIpc) is 2.90. The van der Waals surface area contributed by atoms with Crippen molar-refractivity contribution in [2.45, 2.75) is 47.1 Å². The van der Waals surface area contributed by atoms with Crippen LogP contribution in [0.1, 0.15) is 47.1 Å². The molecule has 1 aromatic rings. The van der Waals surface area contributed by atoms with Crippen LogP contribution in [0.3, 0.4) is 0 Å². The molecule has 2 nitrogen and oxygen atoms in total. The summed E-state index contributed by atoms with van der Waals surface area (Å²) in [6, 6.07) is 10.3. The zero-order valence-electron chi connectivity index (χ0n) is 13.9. The van der Waals surface area contributed by atoms with E-state index in [9.17, 15) is 4.79 Å². The molecule has 2 rings (SSSR count). The van der Waals surface area contributed by atoms with E-state index in [2.05, 4.69) is 39.0 Å². The van der Waals surface area contributed by atoms with Crippen LogP contribution in [0.4, 0.5) is 0 Å². The molecular weight excluding hydrogens is 260 g/mol. The topological polar surface area (TPSA) is 26.3 Å². The summed E-state index contributed by atoms with van der Waals surface area (Å²) >= 11 is 0. The Hall–Kier alpha value is -1.57. The van der Waals surface area contributed by atoms with Crippen molar-refractivity contribution in [2.75, 3.05) is 0 Å². The molecule has 1 aliphatic carbocycles. The number of benzene rings is 1. The highest BCUT2D eigenvalue weighted by Gasteiger charge is 2.61. The second kappa shape index (κ2) is 5.32. The van der Waals surface area contributed by atoms with Crippen LogP contribution in [-0.4, -0.2) is 11.6 Å². The highest BCUT2D eigenvalue weighted by molar-refractivity contribution is 5.79. The predicted octanol–water partition coefficient (Wildman–Crippen LogP) is 4.70. The van der Waals surface area contributed by atoms with Crippen molar-refractivity contribution in [3.63, 3.8) is 0 Å². The van der Waals surface area contributed by atoms with Gasteiger partial charge in [0, 0.05) is 0 Å². The van der Waals surface area contributed by atoms with E-state index < -0.39 is 5.60 Å². The second-order valence-electron chi connectivity index (χ2n) is 7.57. The Labute approximate surface area is 128 Å². The number of hydrogen-bond donors (Lipinski definition) is 0. The Morgan fingerprint density at radius 1 is 1.19 bits per heavy atom. The molecule has 1 aliphatic rings. The van der Waals surface area contributed by atoms with Crippen molar-refractivity contribution in [3.8, 4) is 0 Å². The highest BCUT2D eigenvalue weighted by Crippen LogP contribution is 2.60. The van der Waals surface area contributed by atoms with Crippen LogP contribution in [0, 0.1) is 17.3 Å². The van der Waals surface area contributed by atoms with Gasteiger partial charge in [-0.2, -0.15) is 0 Å². The normalized spacial score (nSPS) is 24.6. The van der Waals surface area contributed by atoms with E-state index in [0.717, 1.165) is 0 Å². The van der Waals surface area contributed by atoms with E-state index in [1.807, 2.05) is 39.0 Å². The van der Waals surface area contributed by atoms with Crippen LogP contribution >= 0.6 is 0 Å². The van der Waals surface area contributed by atoms with E-state index in [1.165, 1.54) is 11.1 Å². The fraction of sp³-hybridized carbons (Fsp3) is 0.526. The number of ether oxygens (including phenoxy) is 1. The summed E-state index contributed by atoms with van der Waals surface area (Å²) in [5.74, 6) is 0.151. The standard InChI is InChI=1S/C19H26O2/c1-13(14-10-8-7-9-11-14)12-15-16(19(15,5)6)17(20)21-18(2,3)4/h7-12,15-16H,1-6H3. The predicted molar refractivity (Wildman–Crippen MR) is 86.7 cm³/mol. The van der Waals surface area contributed by atoms with Gasteiger partial charge in [0.1, 0.15) is 5.60 Å². The zero-order chi connectivity index (χ0) is 15.8. The molecule has 0 amide bonds. The number of carbonyl (C=O) groups excluding carboxylic acids is 1. The molecule has 0 spiro atoms. The van der Waals surface area contributed by atoms with E-state index in [4.69, 9.17) is 4.74 Å². The number of allylic oxidation sites excluding steroid dienone is 2. The lowest BCUT2D eigenvalue weighted by atomic mass is 10.0. The number of rotatable bonds is 3. The van der Waals surface area contributed by atoms with Gasteiger partial charge in [0.05, 0.1) is 5.92 Å². The molecule has 0 aromatic heterocycles. The summed E-state index contributed by atoms with van der Waals surface area (Å²) in [6.07, 6.45) is 2.23. The summed E-state index contributed by atoms with van der Waals surface area (Å²) in [6.45, 7) is 12.1. The lowest BCUT2D eigenvalue weighted by Crippen LogP contribution is -2.26. The highest BCUT2D eigenvalue weighted by atomic mass is 16.6. The maximum Gasteiger partial charge on any atom is 0.310 e. The molecule has 0 saturated heterocycles. The van der Waals surface area contributed by atoms with Gasteiger partial charge in [0.15, 0.2) is 0 Å². The Morgan fingerprint density at radius 3 is 2.29 bits per heavy atom. The third kappa shape index (κ3) is 3.55. The molecule has 21 heavy (non-hydrogen) atoms. The van der Waals surface area contributed by atoms with E-state index in [0.29, 0.717) is 0 Å². The Kier molecular flexibility index (Phi) is 4.01. The first-order valence-corrected chi connectivity index (χ1v) is 7.59. The van der Waals surface area contributed by atoms with Gasteiger partial charge in [0.25, 0.3) is 0 Å². The first-order chi connectivity index (χ1) is 9.63. The van der Waals surface area contributed by atoms with Crippen LogP contribution in [0.25, 0.3) is 5.57 Å². The van der Waals surface area contributed by atoms with Crippen molar-refractivity contribution in [1.29, 1.82) is 0 Å². The van der Waals surface area contributed by atoms with Gasteiger partial charge < -0.3 is 4.74 Å². The fourth-order valence-electron chi connectivity index (χ4n) is 2.87. The van der Waals surface area contributed by atoms with E-state index in [1.54, 1.807) is 0 Å². The smallest absolute Gasteiger partial charge is 0.310 e. The van der Waals surface area contributed by atoms with Crippen molar-refractivity contribution >= 4 is 11.5 Å². The van der Waals surface area contributed by atoms with Gasteiger partial charge in [-0.3, -0.25) is 4.79 Å². The monoisotopic (exact) mass is 286 g/mol. The third-order valence-electron chi connectivity index (χ3n) is 4.23. The summed E-state index contributed by atoms with van der Waals surface area (Å²) < 4.78 is 5.55. The molecule has 0 radical (unpaired) electrons. The minimum Gasteiger partial charge on any atom is -0.460 e. The van der Waals surface area contributed by atoms with Crippen LogP contribution in [0.2, 0.25) is 0 Å². The molecule has 0 N–H and O–H groups in total. The summed E-state index contributed by atoms with van der Waals surface area (Å²) in [7, 11) is 0. The zero-order valence-corrected chi connectivity index (χ0v) is 13.9. The molecule has 2 atom stereocenters. The minimum atomic E-state index is -0.418. The van der Waals surface area contributed by atoms with Crippen molar-refractivity contribution in [3.05, 3.63) is 42.0 Å². The molecule has 1 aromatic carbocycles. The number of hydrogen-bond acceptors (Lipinski definition) is 2. The summed E-state index contributed by atoms with van der Waals surface area (Å²) in [5.41, 5.74) is 2.00. The lowest BCUT2D eigenvalue weighted by Gasteiger charge is -2.19. The molecule has 0 bridgehead atoms. The fourth-order valence-corrected chi connectivity index (χ4v) is 2.87. The van der Waals surface area contributed by atoms with Gasteiger partial charge in [-0.25, -0.2) is 0 Å². The molecule has 0 heterocycles. The van der Waals surface area contributed by atoms with Gasteiger partial charge in [-0.15, -0.1) is 0 Å².